The van der Waals surface area contributed by atoms with Crippen LogP contribution in [0.2, 0.25) is 0 Å². The van der Waals surface area contributed by atoms with Crippen LogP contribution in [0.15, 0.2) is 0 Å². The highest BCUT2D eigenvalue weighted by Gasteiger charge is 2.26. The Morgan fingerprint density at radius 3 is 1.96 bits per heavy atom. The molecule has 0 spiro atoms. The third-order valence-electron chi connectivity index (χ3n) is 2.88. The van der Waals surface area contributed by atoms with Gasteiger partial charge >= 0.3 is 5.97 Å². The second kappa shape index (κ2) is 10.5. The predicted octanol–water partition coefficient (Wildman–Crippen LogP) is -5.15. The lowest BCUT2D eigenvalue weighted by Crippen LogP contribution is -2.56. The molecular weight excluding hydrogens is 328 g/mol. The number of carbonyl (C=O) groups excluding carboxylic acids is 3. The molecule has 0 saturated carbocycles. The van der Waals surface area contributed by atoms with Gasteiger partial charge in [0.2, 0.25) is 17.7 Å². The average molecular weight is 350 g/mol. The van der Waals surface area contributed by atoms with Crippen LogP contribution in [0.1, 0.15) is 6.92 Å². The molecule has 0 heterocycles. The zero-order valence-corrected chi connectivity index (χ0v) is 12.9. The van der Waals surface area contributed by atoms with E-state index in [1.165, 1.54) is 6.92 Å². The first kappa shape index (κ1) is 21.7. The third kappa shape index (κ3) is 7.32. The summed E-state index contributed by atoms with van der Waals surface area (Å²) in [5.74, 6) is -4.17. The number of nitrogens with one attached hydrogen (secondary N) is 3. The summed E-state index contributed by atoms with van der Waals surface area (Å²) in [5.41, 5.74) is 5.34. The average Bonchev–Trinajstić information content (AvgIpc) is 2.53. The first-order valence-electron chi connectivity index (χ1n) is 6.89. The first-order chi connectivity index (χ1) is 11.1. The van der Waals surface area contributed by atoms with E-state index in [4.69, 9.17) is 26.2 Å². The lowest BCUT2D eigenvalue weighted by atomic mass is 10.2. The predicted molar refractivity (Wildman–Crippen MR) is 78.3 cm³/mol. The lowest BCUT2D eigenvalue weighted by Gasteiger charge is -2.19. The number of hydrogen-bond acceptors (Lipinski definition) is 8. The van der Waals surface area contributed by atoms with Gasteiger partial charge in [0.05, 0.1) is 25.9 Å². The van der Waals surface area contributed by atoms with Gasteiger partial charge in [-0.25, -0.2) is 4.79 Å². The van der Waals surface area contributed by atoms with Gasteiger partial charge in [0.15, 0.2) is 0 Å². The van der Waals surface area contributed by atoms with Gasteiger partial charge in [-0.15, -0.1) is 0 Å². The van der Waals surface area contributed by atoms with E-state index in [1.54, 1.807) is 0 Å². The molecule has 0 bridgehead atoms. The van der Waals surface area contributed by atoms with Crippen LogP contribution in [0.3, 0.4) is 0 Å². The van der Waals surface area contributed by atoms with Gasteiger partial charge in [0.25, 0.3) is 0 Å². The Morgan fingerprint density at radius 1 is 1.00 bits per heavy atom. The van der Waals surface area contributed by atoms with E-state index in [0.717, 1.165) is 0 Å². The Balaban J connectivity index is 4.50. The quantitative estimate of drug-likeness (QED) is 0.189. The first-order valence-corrected chi connectivity index (χ1v) is 6.89. The molecule has 3 amide bonds. The summed E-state index contributed by atoms with van der Waals surface area (Å²) >= 11 is 0. The van der Waals surface area contributed by atoms with Gasteiger partial charge in [-0.2, -0.15) is 0 Å². The van der Waals surface area contributed by atoms with Crippen molar-refractivity contribution in [1.82, 2.24) is 16.0 Å². The molecule has 24 heavy (non-hydrogen) atoms. The van der Waals surface area contributed by atoms with E-state index in [-0.39, 0.29) is 0 Å². The van der Waals surface area contributed by atoms with E-state index >= 15 is 0 Å². The fourth-order valence-corrected chi connectivity index (χ4v) is 1.40. The minimum absolute atomic E-state index is 0.578. The Hall–Kier alpha value is -2.28. The SMILES string of the molecule is C[C@H](O)[C@H](N)C(=O)NCC(=O)N[C@@H](CO)C(=O)N[C@@H](CO)C(=O)O. The van der Waals surface area contributed by atoms with Crippen molar-refractivity contribution in [3.63, 3.8) is 0 Å². The van der Waals surface area contributed by atoms with Crippen LogP contribution in [-0.2, 0) is 19.2 Å². The Labute approximate surface area is 137 Å². The summed E-state index contributed by atoms with van der Waals surface area (Å²) in [7, 11) is 0. The van der Waals surface area contributed by atoms with Crippen molar-refractivity contribution in [2.75, 3.05) is 19.8 Å². The standard InChI is InChI=1S/C12H22N4O8/c1-5(19)9(13)11(22)14-2-8(20)15-6(3-17)10(21)16-7(4-18)12(23)24/h5-7,9,17-19H,2-4,13H2,1H3,(H,14,22)(H,15,20)(H,16,21)(H,23,24)/t5-,6-,7-,9-/m0/s1. The number of aliphatic carboxylic acids is 1. The zero-order valence-electron chi connectivity index (χ0n) is 12.9. The maximum atomic E-state index is 11.7. The van der Waals surface area contributed by atoms with E-state index in [9.17, 15) is 19.2 Å². The van der Waals surface area contributed by atoms with E-state index < -0.39 is 67.7 Å². The van der Waals surface area contributed by atoms with Gasteiger partial charge in [-0.3, -0.25) is 14.4 Å². The molecule has 0 fully saturated rings. The highest BCUT2D eigenvalue weighted by atomic mass is 16.4. The molecule has 0 unspecified atom stereocenters. The molecule has 0 rings (SSSR count). The number of carboxylic acid groups (broad SMARTS) is 1. The summed E-state index contributed by atoms with van der Waals surface area (Å²) < 4.78 is 0. The van der Waals surface area contributed by atoms with Crippen LogP contribution >= 0.6 is 0 Å². The molecule has 0 aromatic heterocycles. The van der Waals surface area contributed by atoms with Crippen molar-refractivity contribution in [2.24, 2.45) is 5.73 Å². The molecule has 0 aromatic rings. The molecule has 0 saturated heterocycles. The maximum absolute atomic E-state index is 11.7. The van der Waals surface area contributed by atoms with Crippen molar-refractivity contribution in [2.45, 2.75) is 31.2 Å². The largest absolute Gasteiger partial charge is 0.480 e. The van der Waals surface area contributed by atoms with Crippen LogP contribution in [0.4, 0.5) is 0 Å². The molecule has 4 atom stereocenters. The Morgan fingerprint density at radius 2 is 1.54 bits per heavy atom. The maximum Gasteiger partial charge on any atom is 0.328 e. The lowest BCUT2D eigenvalue weighted by molar-refractivity contribution is -0.143. The fourth-order valence-electron chi connectivity index (χ4n) is 1.40. The molecule has 12 nitrogen and oxygen atoms in total. The number of hydrogen-bond donors (Lipinski definition) is 8. The number of nitrogens with two attached hydrogens (primary N) is 1. The molecule has 12 heteroatoms. The highest BCUT2D eigenvalue weighted by molar-refractivity contribution is 5.92. The molecule has 0 radical (unpaired) electrons. The molecule has 0 aromatic carbocycles. The van der Waals surface area contributed by atoms with Crippen molar-refractivity contribution in [3.05, 3.63) is 0 Å². The number of carbonyl (C=O) groups is 4. The third-order valence-corrected chi connectivity index (χ3v) is 2.88. The van der Waals surface area contributed by atoms with Crippen molar-refractivity contribution >= 4 is 23.7 Å². The number of rotatable bonds is 10. The van der Waals surface area contributed by atoms with Crippen LogP contribution in [0, 0.1) is 0 Å². The normalized spacial score (nSPS) is 15.5. The molecule has 138 valence electrons. The minimum Gasteiger partial charge on any atom is -0.480 e. The van der Waals surface area contributed by atoms with Gasteiger partial charge in [-0.05, 0) is 6.92 Å². The minimum atomic E-state index is -1.59. The van der Waals surface area contributed by atoms with Crippen LogP contribution in [0.25, 0.3) is 0 Å². The smallest absolute Gasteiger partial charge is 0.328 e. The Bertz CT molecular complexity index is 470. The molecule has 0 aliphatic heterocycles. The molecular formula is C12H22N4O8. The van der Waals surface area contributed by atoms with Crippen LogP contribution in [0.5, 0.6) is 0 Å². The molecule has 0 aliphatic rings. The van der Waals surface area contributed by atoms with Crippen LogP contribution < -0.4 is 21.7 Å². The van der Waals surface area contributed by atoms with Gasteiger partial charge in [0.1, 0.15) is 18.1 Å². The molecule has 9 N–H and O–H groups in total. The summed E-state index contributed by atoms with van der Waals surface area (Å²) in [5, 5.41) is 41.8. The van der Waals surface area contributed by atoms with Crippen LogP contribution in [-0.4, -0.2) is 88.1 Å². The molecule has 0 aliphatic carbocycles. The highest BCUT2D eigenvalue weighted by Crippen LogP contribution is 1.90. The topological polar surface area (TPSA) is 211 Å². The second-order valence-corrected chi connectivity index (χ2v) is 4.87. The summed E-state index contributed by atoms with van der Waals surface area (Å²) in [6, 6.07) is -4.31. The number of amides is 3. The van der Waals surface area contributed by atoms with Crippen molar-refractivity contribution < 1.29 is 39.6 Å². The summed E-state index contributed by atoms with van der Waals surface area (Å²) in [6.07, 6.45) is -1.13. The Kier molecular flexibility index (Phi) is 9.49. The monoisotopic (exact) mass is 350 g/mol. The van der Waals surface area contributed by atoms with Gasteiger partial charge < -0.3 is 42.1 Å². The number of aliphatic hydroxyl groups is 3. The van der Waals surface area contributed by atoms with Gasteiger partial charge in [-0.1, -0.05) is 0 Å². The van der Waals surface area contributed by atoms with E-state index in [0.29, 0.717) is 0 Å². The van der Waals surface area contributed by atoms with Gasteiger partial charge in [0, 0.05) is 0 Å². The fraction of sp³-hybridized carbons (Fsp3) is 0.667. The second-order valence-electron chi connectivity index (χ2n) is 4.87. The number of carboxylic acids is 1. The summed E-state index contributed by atoms with van der Waals surface area (Å²) in [4.78, 5) is 45.5. The zero-order chi connectivity index (χ0) is 18.9. The van der Waals surface area contributed by atoms with Crippen molar-refractivity contribution in [3.8, 4) is 0 Å². The summed E-state index contributed by atoms with van der Waals surface area (Å²) in [6.45, 7) is -1.00. The van der Waals surface area contributed by atoms with Crippen molar-refractivity contribution in [1.29, 1.82) is 0 Å². The van der Waals surface area contributed by atoms with E-state index in [1.807, 2.05) is 5.32 Å². The number of aliphatic hydroxyl groups excluding tert-OH is 3. The van der Waals surface area contributed by atoms with E-state index in [2.05, 4.69) is 10.6 Å².